The molecule has 4 N–H and O–H groups in total. The summed E-state index contributed by atoms with van der Waals surface area (Å²) in [4.78, 5) is 0. The molecule has 0 aliphatic carbocycles. The molecule has 1 heterocycles. The first-order valence-electron chi connectivity index (χ1n) is 7.54. The summed E-state index contributed by atoms with van der Waals surface area (Å²) in [7, 11) is 0. The lowest BCUT2D eigenvalue weighted by Gasteiger charge is -2.39. The van der Waals surface area contributed by atoms with Gasteiger partial charge in [0.25, 0.3) is 0 Å². The molecule has 5 atom stereocenters. The van der Waals surface area contributed by atoms with Gasteiger partial charge < -0.3 is 29.9 Å². The molecule has 0 saturated carbocycles. The van der Waals surface area contributed by atoms with E-state index in [1.165, 1.54) is 19.3 Å². The Hall–Kier alpha value is -0.240. The maximum absolute atomic E-state index is 9.75. The minimum atomic E-state index is -1.37. The van der Waals surface area contributed by atoms with Gasteiger partial charge in [-0.1, -0.05) is 39.0 Å². The molecule has 0 bridgehead atoms. The Morgan fingerprint density at radius 3 is 2.20 bits per heavy atom. The van der Waals surface area contributed by atoms with E-state index in [0.29, 0.717) is 6.61 Å². The maximum Gasteiger partial charge on any atom is 0.186 e. The smallest absolute Gasteiger partial charge is 0.186 e. The molecule has 6 nitrogen and oxygen atoms in total. The monoisotopic (exact) mass is 292 g/mol. The fourth-order valence-corrected chi connectivity index (χ4v) is 2.29. The fourth-order valence-electron chi connectivity index (χ4n) is 2.29. The zero-order chi connectivity index (χ0) is 15.0. The molecule has 0 aromatic carbocycles. The average molecular weight is 292 g/mol. The highest BCUT2D eigenvalue weighted by Gasteiger charge is 2.43. The van der Waals surface area contributed by atoms with Gasteiger partial charge in [-0.05, 0) is 6.42 Å². The van der Waals surface area contributed by atoms with Crippen LogP contribution in [0.25, 0.3) is 0 Å². The van der Waals surface area contributed by atoms with Gasteiger partial charge in [0.1, 0.15) is 24.4 Å². The van der Waals surface area contributed by atoms with Gasteiger partial charge in [-0.3, -0.25) is 0 Å². The topological polar surface area (TPSA) is 99.4 Å². The molecule has 0 aromatic rings. The number of aliphatic hydroxyl groups excluding tert-OH is 4. The quantitative estimate of drug-likeness (QED) is 0.452. The Morgan fingerprint density at radius 1 is 0.900 bits per heavy atom. The van der Waals surface area contributed by atoms with Crippen LogP contribution in [0.1, 0.15) is 45.4 Å². The van der Waals surface area contributed by atoms with Crippen molar-refractivity contribution in [3.8, 4) is 0 Å². The molecular weight excluding hydrogens is 264 g/mol. The maximum atomic E-state index is 9.75. The van der Waals surface area contributed by atoms with Gasteiger partial charge in [0, 0.05) is 6.61 Å². The van der Waals surface area contributed by atoms with Crippen LogP contribution in [0.3, 0.4) is 0 Å². The summed E-state index contributed by atoms with van der Waals surface area (Å²) in [6.45, 7) is 2.17. The molecule has 20 heavy (non-hydrogen) atoms. The summed E-state index contributed by atoms with van der Waals surface area (Å²) in [6, 6.07) is 0. The lowest BCUT2D eigenvalue weighted by Crippen LogP contribution is -2.59. The molecule has 0 amide bonds. The first kappa shape index (κ1) is 17.8. The van der Waals surface area contributed by atoms with Crippen molar-refractivity contribution in [3.05, 3.63) is 0 Å². The van der Waals surface area contributed by atoms with Crippen molar-refractivity contribution in [2.45, 2.75) is 76.2 Å². The third kappa shape index (κ3) is 5.27. The van der Waals surface area contributed by atoms with Gasteiger partial charge in [0.15, 0.2) is 6.29 Å². The Balaban J connectivity index is 2.21. The number of ether oxygens (including phenoxy) is 2. The number of hydrogen-bond donors (Lipinski definition) is 4. The third-order valence-electron chi connectivity index (χ3n) is 3.63. The summed E-state index contributed by atoms with van der Waals surface area (Å²) in [5.74, 6) is 0. The van der Waals surface area contributed by atoms with Crippen LogP contribution in [-0.2, 0) is 9.47 Å². The van der Waals surface area contributed by atoms with Crippen molar-refractivity contribution in [1.29, 1.82) is 0 Å². The van der Waals surface area contributed by atoms with Gasteiger partial charge >= 0.3 is 0 Å². The number of rotatable bonds is 9. The van der Waals surface area contributed by atoms with E-state index in [1.54, 1.807) is 0 Å². The molecule has 120 valence electrons. The molecule has 1 aliphatic heterocycles. The van der Waals surface area contributed by atoms with E-state index in [9.17, 15) is 15.3 Å². The van der Waals surface area contributed by atoms with Crippen LogP contribution in [0, 0.1) is 0 Å². The second-order valence-corrected chi connectivity index (χ2v) is 5.34. The highest BCUT2D eigenvalue weighted by atomic mass is 16.7. The van der Waals surface area contributed by atoms with Gasteiger partial charge in [0.2, 0.25) is 0 Å². The molecule has 0 spiro atoms. The van der Waals surface area contributed by atoms with Crippen molar-refractivity contribution in [2.75, 3.05) is 13.2 Å². The Bertz CT molecular complexity index is 248. The molecule has 1 rings (SSSR count). The number of unbranched alkanes of at least 4 members (excludes halogenated alkanes) is 5. The molecule has 6 heteroatoms. The molecular formula is C14H28O6. The highest BCUT2D eigenvalue weighted by molar-refractivity contribution is 4.88. The summed E-state index contributed by atoms with van der Waals surface area (Å²) in [6.07, 6.45) is 0.851. The standard InChI is InChI=1S/C14H28O6/c1-2-3-4-5-6-7-8-19-14-13(18)12(17)11(16)10(9-15)20-14/h10-18H,2-9H2,1H3/t10-,11+,12-,13+,14+/m0/s1. The van der Waals surface area contributed by atoms with E-state index in [-0.39, 0.29) is 0 Å². The molecule has 0 aromatic heterocycles. The van der Waals surface area contributed by atoms with Gasteiger partial charge in [-0.25, -0.2) is 0 Å². The fraction of sp³-hybridized carbons (Fsp3) is 1.00. The third-order valence-corrected chi connectivity index (χ3v) is 3.63. The number of hydrogen-bond acceptors (Lipinski definition) is 6. The lowest BCUT2D eigenvalue weighted by molar-refractivity contribution is -0.301. The van der Waals surface area contributed by atoms with Crippen molar-refractivity contribution >= 4 is 0 Å². The van der Waals surface area contributed by atoms with E-state index in [4.69, 9.17) is 14.6 Å². The molecule has 1 saturated heterocycles. The van der Waals surface area contributed by atoms with E-state index in [1.807, 2.05) is 0 Å². The minimum absolute atomic E-state index is 0.425. The van der Waals surface area contributed by atoms with Crippen molar-refractivity contribution in [3.63, 3.8) is 0 Å². The van der Waals surface area contributed by atoms with Crippen LogP contribution in [-0.4, -0.2) is 64.3 Å². The molecule has 1 aliphatic rings. The number of aliphatic hydroxyl groups is 4. The van der Waals surface area contributed by atoms with E-state index >= 15 is 0 Å². The highest BCUT2D eigenvalue weighted by Crippen LogP contribution is 2.22. The van der Waals surface area contributed by atoms with Crippen LogP contribution in [0.15, 0.2) is 0 Å². The zero-order valence-electron chi connectivity index (χ0n) is 12.1. The van der Waals surface area contributed by atoms with Crippen molar-refractivity contribution < 1.29 is 29.9 Å². The van der Waals surface area contributed by atoms with Crippen LogP contribution >= 0.6 is 0 Å². The first-order valence-corrected chi connectivity index (χ1v) is 7.54. The summed E-state index contributed by atoms with van der Waals surface area (Å²) >= 11 is 0. The molecule has 0 unspecified atom stereocenters. The normalized spacial score (nSPS) is 34.4. The van der Waals surface area contributed by atoms with E-state index in [2.05, 4.69) is 6.92 Å². The lowest BCUT2D eigenvalue weighted by atomic mass is 9.99. The van der Waals surface area contributed by atoms with Crippen LogP contribution in [0.4, 0.5) is 0 Å². The predicted molar refractivity (Wildman–Crippen MR) is 73.1 cm³/mol. The predicted octanol–water partition coefficient (Wildman–Crippen LogP) is 0.163. The van der Waals surface area contributed by atoms with Crippen molar-refractivity contribution in [1.82, 2.24) is 0 Å². The largest absolute Gasteiger partial charge is 0.394 e. The zero-order valence-corrected chi connectivity index (χ0v) is 12.1. The van der Waals surface area contributed by atoms with Crippen LogP contribution in [0.2, 0.25) is 0 Å². The van der Waals surface area contributed by atoms with Crippen LogP contribution in [0.5, 0.6) is 0 Å². The first-order chi connectivity index (χ1) is 9.61. The SMILES string of the molecule is CCCCCCCCO[C@@H]1O[C@@H](CO)[C@@H](O)[C@H](O)[C@H]1O. The Kier molecular flexibility index (Phi) is 8.60. The molecule has 1 fully saturated rings. The minimum Gasteiger partial charge on any atom is -0.394 e. The average Bonchev–Trinajstić information content (AvgIpc) is 2.46. The summed E-state index contributed by atoms with van der Waals surface area (Å²) < 4.78 is 10.6. The second-order valence-electron chi connectivity index (χ2n) is 5.34. The Labute approximate surface area is 120 Å². The second kappa shape index (κ2) is 9.65. The van der Waals surface area contributed by atoms with Crippen LogP contribution < -0.4 is 0 Å². The van der Waals surface area contributed by atoms with Gasteiger partial charge in [0.05, 0.1) is 6.61 Å². The molecule has 0 radical (unpaired) electrons. The van der Waals surface area contributed by atoms with Gasteiger partial charge in [-0.15, -0.1) is 0 Å². The summed E-state index contributed by atoms with van der Waals surface area (Å²) in [5.41, 5.74) is 0. The van der Waals surface area contributed by atoms with Gasteiger partial charge in [-0.2, -0.15) is 0 Å². The summed E-state index contributed by atoms with van der Waals surface area (Å²) in [5, 5.41) is 38.0. The van der Waals surface area contributed by atoms with E-state index < -0.39 is 37.3 Å². The van der Waals surface area contributed by atoms with E-state index in [0.717, 1.165) is 19.3 Å². The van der Waals surface area contributed by atoms with Crippen molar-refractivity contribution in [2.24, 2.45) is 0 Å². The Morgan fingerprint density at radius 2 is 1.55 bits per heavy atom.